The molecule has 184 valence electrons. The maximum absolute atomic E-state index is 12.4. The van der Waals surface area contributed by atoms with Gasteiger partial charge in [-0.25, -0.2) is 0 Å². The predicted octanol–water partition coefficient (Wildman–Crippen LogP) is 2.07. The molecule has 0 bridgehead atoms. The third kappa shape index (κ3) is 7.59. The van der Waals surface area contributed by atoms with E-state index < -0.39 is 48.4 Å². The average molecular weight is 467 g/mol. The van der Waals surface area contributed by atoms with Gasteiger partial charge in [0.1, 0.15) is 12.7 Å². The van der Waals surface area contributed by atoms with E-state index >= 15 is 0 Å². The van der Waals surface area contributed by atoms with Crippen molar-refractivity contribution in [1.82, 2.24) is 4.90 Å². The summed E-state index contributed by atoms with van der Waals surface area (Å²) >= 11 is 0. The number of allylic oxidation sites excluding steroid dienone is 1. The number of ether oxygens (including phenoxy) is 4. The van der Waals surface area contributed by atoms with E-state index in [0.717, 1.165) is 0 Å². The Kier molecular flexibility index (Phi) is 10.4. The Morgan fingerprint density at radius 1 is 0.970 bits per heavy atom. The molecule has 0 spiro atoms. The molecule has 1 fully saturated rings. The van der Waals surface area contributed by atoms with Gasteiger partial charge in [0.2, 0.25) is 5.91 Å². The molecule has 0 radical (unpaired) electrons. The lowest BCUT2D eigenvalue weighted by molar-refractivity contribution is -0.169. The number of nitrogens with zero attached hydrogens (tertiary/aromatic N) is 1. The van der Waals surface area contributed by atoms with Gasteiger partial charge in [0.05, 0.1) is 0 Å². The number of carbonyl (C=O) groups excluding carboxylic acids is 4. The van der Waals surface area contributed by atoms with Crippen LogP contribution in [-0.4, -0.2) is 59.9 Å². The molecule has 1 saturated heterocycles. The summed E-state index contributed by atoms with van der Waals surface area (Å²) < 4.78 is 22.7. The minimum Gasteiger partial charge on any atom is -0.463 e. The van der Waals surface area contributed by atoms with Gasteiger partial charge in [0.15, 0.2) is 18.4 Å². The normalized spacial score (nSPS) is 24.2. The van der Waals surface area contributed by atoms with Gasteiger partial charge in [-0.05, 0) is 25.7 Å². The maximum Gasteiger partial charge on any atom is 0.306 e. The van der Waals surface area contributed by atoms with Gasteiger partial charge in [0, 0.05) is 37.2 Å². The molecule has 2 aliphatic rings. The topological polar surface area (TPSA) is 134 Å². The third-order valence-electron chi connectivity index (χ3n) is 5.12. The molecule has 0 aromatic rings. The van der Waals surface area contributed by atoms with Crippen LogP contribution in [0.15, 0.2) is 24.0 Å². The molecule has 10 nitrogen and oxygen atoms in total. The predicted molar refractivity (Wildman–Crippen MR) is 117 cm³/mol. The first-order valence-electron chi connectivity index (χ1n) is 11.4. The van der Waals surface area contributed by atoms with Gasteiger partial charge in [-0.1, -0.05) is 26.8 Å². The van der Waals surface area contributed by atoms with Crippen LogP contribution in [0.5, 0.6) is 0 Å². The highest BCUT2D eigenvalue weighted by molar-refractivity contribution is 5.92. The van der Waals surface area contributed by atoms with Crippen LogP contribution in [0.2, 0.25) is 0 Å². The quantitative estimate of drug-likeness (QED) is 0.339. The van der Waals surface area contributed by atoms with Crippen molar-refractivity contribution in [3.63, 3.8) is 0 Å². The van der Waals surface area contributed by atoms with Crippen molar-refractivity contribution < 1.29 is 38.1 Å². The SMILES string of the molecule is CCCC(=O)OCC1O[C@@H](N2C=CCC(C(N)=O)=C2)[C@H](OC(=O)CCC)[C@@H]1OC(=O)CCC. The monoisotopic (exact) mass is 466 g/mol. The number of primary amides is 1. The van der Waals surface area contributed by atoms with E-state index in [1.807, 2.05) is 20.8 Å². The second kappa shape index (κ2) is 13.0. The Balaban J connectivity index is 2.33. The van der Waals surface area contributed by atoms with Crippen LogP contribution in [0, 0.1) is 0 Å². The third-order valence-corrected chi connectivity index (χ3v) is 5.12. The van der Waals surface area contributed by atoms with Gasteiger partial charge in [0.25, 0.3) is 0 Å². The second-order valence-corrected chi connectivity index (χ2v) is 7.96. The highest BCUT2D eigenvalue weighted by atomic mass is 16.7. The van der Waals surface area contributed by atoms with Gasteiger partial charge in [-0.15, -0.1) is 0 Å². The number of hydrogen-bond acceptors (Lipinski definition) is 9. The number of amides is 1. The summed E-state index contributed by atoms with van der Waals surface area (Å²) in [6.45, 7) is 5.36. The molecule has 4 atom stereocenters. The molecule has 0 aliphatic carbocycles. The summed E-state index contributed by atoms with van der Waals surface area (Å²) in [6, 6.07) is 0. The standard InChI is InChI=1S/C23H34N2O8/c1-4-8-17(26)30-14-16-20(32-18(27)9-5-2)21(33-19(28)10-6-3)23(31-16)25-12-7-11-15(13-25)22(24)29/h7,12-13,16,20-21,23H,4-6,8-11,14H2,1-3H3,(H2,24,29)/t16?,20-,21-,23-/m1/s1. The average Bonchev–Trinajstić information content (AvgIpc) is 3.09. The first-order chi connectivity index (χ1) is 15.8. The van der Waals surface area contributed by atoms with Crippen molar-refractivity contribution in [2.45, 2.75) is 90.3 Å². The molecule has 33 heavy (non-hydrogen) atoms. The minimum absolute atomic E-state index is 0.174. The molecular formula is C23H34N2O8. The number of carbonyl (C=O) groups is 4. The largest absolute Gasteiger partial charge is 0.463 e. The summed E-state index contributed by atoms with van der Waals surface area (Å²) in [4.78, 5) is 49.9. The molecule has 2 aliphatic heterocycles. The van der Waals surface area contributed by atoms with E-state index in [2.05, 4.69) is 0 Å². The van der Waals surface area contributed by atoms with Crippen molar-refractivity contribution in [3.8, 4) is 0 Å². The van der Waals surface area contributed by atoms with Gasteiger partial charge >= 0.3 is 17.9 Å². The van der Waals surface area contributed by atoms with Crippen molar-refractivity contribution in [3.05, 3.63) is 24.0 Å². The van der Waals surface area contributed by atoms with Gasteiger partial charge < -0.3 is 29.6 Å². The molecular weight excluding hydrogens is 432 g/mol. The fourth-order valence-electron chi connectivity index (χ4n) is 3.53. The minimum atomic E-state index is -1.01. The Bertz CT molecular complexity index is 778. The summed E-state index contributed by atoms with van der Waals surface area (Å²) in [7, 11) is 0. The van der Waals surface area contributed by atoms with E-state index in [1.165, 1.54) is 6.20 Å². The van der Waals surface area contributed by atoms with Crippen LogP contribution in [0.25, 0.3) is 0 Å². The van der Waals surface area contributed by atoms with E-state index in [1.54, 1.807) is 17.2 Å². The highest BCUT2D eigenvalue weighted by Gasteiger charge is 2.52. The van der Waals surface area contributed by atoms with E-state index in [0.29, 0.717) is 31.3 Å². The van der Waals surface area contributed by atoms with Crippen LogP contribution in [0.3, 0.4) is 0 Å². The van der Waals surface area contributed by atoms with Crippen LogP contribution in [0.4, 0.5) is 0 Å². The fourth-order valence-corrected chi connectivity index (χ4v) is 3.53. The molecule has 10 heteroatoms. The first kappa shape index (κ1) is 26.4. The van der Waals surface area contributed by atoms with Crippen molar-refractivity contribution in [1.29, 1.82) is 0 Å². The molecule has 2 rings (SSSR count). The molecule has 2 N–H and O–H groups in total. The van der Waals surface area contributed by atoms with E-state index in [4.69, 9.17) is 24.7 Å². The lowest BCUT2D eigenvalue weighted by Gasteiger charge is -2.31. The Morgan fingerprint density at radius 2 is 1.55 bits per heavy atom. The Morgan fingerprint density at radius 3 is 2.12 bits per heavy atom. The lowest BCUT2D eigenvalue weighted by Crippen LogP contribution is -2.45. The Labute approximate surface area is 194 Å². The fraction of sp³-hybridized carbons (Fsp3) is 0.652. The van der Waals surface area contributed by atoms with Gasteiger partial charge in [-0.2, -0.15) is 0 Å². The second-order valence-electron chi connectivity index (χ2n) is 7.96. The van der Waals surface area contributed by atoms with E-state index in [9.17, 15) is 19.2 Å². The number of rotatable bonds is 12. The Hall–Kier alpha value is -2.88. The van der Waals surface area contributed by atoms with Crippen molar-refractivity contribution >= 4 is 23.8 Å². The van der Waals surface area contributed by atoms with Crippen molar-refractivity contribution in [2.75, 3.05) is 6.61 Å². The maximum atomic E-state index is 12.4. The lowest BCUT2D eigenvalue weighted by atomic mass is 10.1. The molecule has 0 saturated carbocycles. The number of esters is 3. The van der Waals surface area contributed by atoms with Crippen LogP contribution >= 0.6 is 0 Å². The summed E-state index contributed by atoms with van der Waals surface area (Å²) in [5.74, 6) is -1.94. The molecule has 0 aromatic heterocycles. The summed E-state index contributed by atoms with van der Waals surface area (Å²) in [5, 5.41) is 0. The molecule has 1 unspecified atom stereocenters. The van der Waals surface area contributed by atoms with Gasteiger partial charge in [-0.3, -0.25) is 19.2 Å². The highest BCUT2D eigenvalue weighted by Crippen LogP contribution is 2.32. The number of hydrogen-bond donors (Lipinski definition) is 1. The first-order valence-corrected chi connectivity index (χ1v) is 11.4. The van der Waals surface area contributed by atoms with Crippen LogP contribution < -0.4 is 5.73 Å². The summed E-state index contributed by atoms with van der Waals surface area (Å²) in [6.07, 6.45) is 3.85. The van der Waals surface area contributed by atoms with E-state index in [-0.39, 0.29) is 25.9 Å². The number of nitrogens with two attached hydrogens (primary N) is 1. The smallest absolute Gasteiger partial charge is 0.306 e. The zero-order chi connectivity index (χ0) is 24.4. The van der Waals surface area contributed by atoms with Crippen LogP contribution in [0.1, 0.15) is 65.7 Å². The van der Waals surface area contributed by atoms with Crippen molar-refractivity contribution in [2.24, 2.45) is 5.73 Å². The van der Waals surface area contributed by atoms with Crippen LogP contribution in [-0.2, 0) is 38.1 Å². The molecule has 1 amide bonds. The summed E-state index contributed by atoms with van der Waals surface area (Å²) in [5.41, 5.74) is 5.77. The molecule has 2 heterocycles. The molecule has 0 aromatic carbocycles. The zero-order valence-electron chi connectivity index (χ0n) is 19.5. The zero-order valence-corrected chi connectivity index (χ0v) is 19.5.